The zero-order valence-corrected chi connectivity index (χ0v) is 18.0. The van der Waals surface area contributed by atoms with Gasteiger partial charge in [-0.3, -0.25) is 4.79 Å². The molecular formula is C23H26N4O2S. The third-order valence-electron chi connectivity index (χ3n) is 6.11. The van der Waals surface area contributed by atoms with Crippen LogP contribution in [0.1, 0.15) is 37.7 Å². The molecule has 2 fully saturated rings. The summed E-state index contributed by atoms with van der Waals surface area (Å²) in [4.78, 5) is 24.8. The van der Waals surface area contributed by atoms with Gasteiger partial charge in [-0.05, 0) is 42.8 Å². The van der Waals surface area contributed by atoms with Gasteiger partial charge in [0.15, 0.2) is 0 Å². The fraction of sp³-hybridized carbons (Fsp3) is 0.435. The number of rotatable bonds is 5. The second-order valence-electron chi connectivity index (χ2n) is 8.25. The number of nitrogens with zero attached hydrogens (tertiary/aromatic N) is 3. The van der Waals surface area contributed by atoms with Crippen LogP contribution in [0.25, 0.3) is 10.2 Å². The first kappa shape index (κ1) is 19.3. The van der Waals surface area contributed by atoms with E-state index in [1.807, 2.05) is 35.4 Å². The standard InChI is InChI=1S/C23H26N4O2S/c1-15-14-30-21-18(15)12-24-23(26-21)25-19-8-4-5-9-20(19)29-17-10-11-27(13-17)22(28)16-6-2-3-7-16/h4-5,8-9,12,14,16-17H,2-3,6-7,10-11,13H2,1H3,(H,24,25,26). The van der Waals surface area contributed by atoms with Gasteiger partial charge in [-0.2, -0.15) is 0 Å². The topological polar surface area (TPSA) is 67.4 Å². The molecule has 5 rings (SSSR count). The quantitative estimate of drug-likeness (QED) is 0.633. The molecule has 30 heavy (non-hydrogen) atoms. The van der Waals surface area contributed by atoms with Gasteiger partial charge in [0.05, 0.1) is 12.2 Å². The fourth-order valence-corrected chi connectivity index (χ4v) is 5.32. The second-order valence-corrected chi connectivity index (χ2v) is 9.10. The Morgan fingerprint density at radius 3 is 2.93 bits per heavy atom. The number of fused-ring (bicyclic) bond motifs is 1. The molecule has 0 spiro atoms. The highest BCUT2D eigenvalue weighted by molar-refractivity contribution is 7.16. The van der Waals surface area contributed by atoms with Crippen LogP contribution in [0.2, 0.25) is 0 Å². The summed E-state index contributed by atoms with van der Waals surface area (Å²) in [5, 5.41) is 6.49. The van der Waals surface area contributed by atoms with Gasteiger partial charge in [0.25, 0.3) is 0 Å². The molecular weight excluding hydrogens is 396 g/mol. The minimum absolute atomic E-state index is 0.0154. The number of thiophene rings is 1. The first-order valence-electron chi connectivity index (χ1n) is 10.7. The van der Waals surface area contributed by atoms with E-state index in [-0.39, 0.29) is 12.0 Å². The molecule has 1 aromatic carbocycles. The predicted molar refractivity (Wildman–Crippen MR) is 119 cm³/mol. The highest BCUT2D eigenvalue weighted by Crippen LogP contribution is 2.32. The summed E-state index contributed by atoms with van der Waals surface area (Å²) < 4.78 is 6.30. The van der Waals surface area contributed by atoms with Crippen molar-refractivity contribution in [2.75, 3.05) is 18.4 Å². The van der Waals surface area contributed by atoms with Crippen molar-refractivity contribution in [3.8, 4) is 5.75 Å². The van der Waals surface area contributed by atoms with Crippen molar-refractivity contribution in [1.82, 2.24) is 14.9 Å². The third kappa shape index (κ3) is 3.86. The number of benzene rings is 1. The molecule has 0 bridgehead atoms. The van der Waals surface area contributed by atoms with E-state index in [2.05, 4.69) is 27.6 Å². The van der Waals surface area contributed by atoms with Crippen molar-refractivity contribution < 1.29 is 9.53 Å². The van der Waals surface area contributed by atoms with Crippen molar-refractivity contribution in [3.05, 3.63) is 41.4 Å². The largest absolute Gasteiger partial charge is 0.486 e. The average molecular weight is 423 g/mol. The van der Waals surface area contributed by atoms with Crippen molar-refractivity contribution in [2.24, 2.45) is 5.92 Å². The first-order valence-corrected chi connectivity index (χ1v) is 11.6. The predicted octanol–water partition coefficient (Wildman–Crippen LogP) is 4.91. The Balaban J connectivity index is 1.27. The fourth-order valence-electron chi connectivity index (χ4n) is 4.42. The van der Waals surface area contributed by atoms with E-state index >= 15 is 0 Å². The molecule has 1 unspecified atom stereocenters. The number of aryl methyl sites for hydroxylation is 1. The molecule has 156 valence electrons. The van der Waals surface area contributed by atoms with Crippen LogP contribution in [0.3, 0.4) is 0 Å². The maximum atomic E-state index is 12.7. The van der Waals surface area contributed by atoms with Crippen molar-refractivity contribution in [1.29, 1.82) is 0 Å². The molecule has 1 N–H and O–H groups in total. The van der Waals surface area contributed by atoms with Gasteiger partial charge in [-0.15, -0.1) is 11.3 Å². The lowest BCUT2D eigenvalue weighted by Crippen LogP contribution is -2.34. The van der Waals surface area contributed by atoms with Gasteiger partial charge in [-0.25, -0.2) is 9.97 Å². The SMILES string of the molecule is Cc1csc2nc(Nc3ccccc3OC3CCN(C(=O)C4CCCC4)C3)ncc12. The van der Waals surface area contributed by atoms with E-state index in [9.17, 15) is 4.79 Å². The number of hydrogen-bond acceptors (Lipinski definition) is 6. The molecule has 7 heteroatoms. The molecule has 3 heterocycles. The molecule has 6 nitrogen and oxygen atoms in total. The van der Waals surface area contributed by atoms with Crippen LogP contribution in [0.5, 0.6) is 5.75 Å². The number of carbonyl (C=O) groups is 1. The minimum Gasteiger partial charge on any atom is -0.486 e. The summed E-state index contributed by atoms with van der Waals surface area (Å²) in [5.41, 5.74) is 2.04. The Kier molecular flexibility index (Phi) is 5.29. The Hall–Kier alpha value is -2.67. The molecule has 1 aliphatic heterocycles. The van der Waals surface area contributed by atoms with E-state index < -0.39 is 0 Å². The number of ether oxygens (including phenoxy) is 1. The molecule has 1 amide bonds. The van der Waals surface area contributed by atoms with Crippen LogP contribution in [0.4, 0.5) is 11.6 Å². The summed E-state index contributed by atoms with van der Waals surface area (Å²) in [6.45, 7) is 3.52. The lowest BCUT2D eigenvalue weighted by Gasteiger charge is -2.21. The third-order valence-corrected chi connectivity index (χ3v) is 7.12. The summed E-state index contributed by atoms with van der Waals surface area (Å²) in [7, 11) is 0. The maximum Gasteiger partial charge on any atom is 0.228 e. The Morgan fingerprint density at radius 1 is 1.23 bits per heavy atom. The number of para-hydroxylation sites is 2. The maximum absolute atomic E-state index is 12.7. The zero-order chi connectivity index (χ0) is 20.5. The molecule has 0 radical (unpaired) electrons. The highest BCUT2D eigenvalue weighted by Gasteiger charge is 2.33. The van der Waals surface area contributed by atoms with Gasteiger partial charge in [-0.1, -0.05) is 25.0 Å². The molecule has 1 atom stereocenters. The first-order chi connectivity index (χ1) is 14.7. The molecule has 2 aromatic heterocycles. The zero-order valence-electron chi connectivity index (χ0n) is 17.1. The summed E-state index contributed by atoms with van der Waals surface area (Å²) in [6, 6.07) is 7.85. The van der Waals surface area contributed by atoms with Crippen molar-refractivity contribution in [3.63, 3.8) is 0 Å². The molecule has 1 saturated heterocycles. The number of hydrogen-bond donors (Lipinski definition) is 1. The Bertz CT molecular complexity index is 1060. The van der Waals surface area contributed by atoms with Crippen LogP contribution in [-0.2, 0) is 4.79 Å². The normalized spacial score (nSPS) is 19.5. The summed E-state index contributed by atoms with van der Waals surface area (Å²) in [6.07, 6.45) is 7.20. The summed E-state index contributed by atoms with van der Waals surface area (Å²) in [5.74, 6) is 1.87. The molecule has 2 aliphatic rings. The highest BCUT2D eigenvalue weighted by atomic mass is 32.1. The van der Waals surface area contributed by atoms with E-state index in [0.29, 0.717) is 18.4 Å². The Morgan fingerprint density at radius 2 is 2.07 bits per heavy atom. The van der Waals surface area contributed by atoms with E-state index in [1.165, 1.54) is 18.4 Å². The number of aromatic nitrogens is 2. The molecule has 3 aromatic rings. The van der Waals surface area contributed by atoms with E-state index in [0.717, 1.165) is 47.5 Å². The second kappa shape index (κ2) is 8.22. The van der Waals surface area contributed by atoms with Gasteiger partial charge in [0.2, 0.25) is 11.9 Å². The number of carbonyl (C=O) groups excluding carboxylic acids is 1. The average Bonchev–Trinajstić information content (AvgIpc) is 3.51. The van der Waals surface area contributed by atoms with Gasteiger partial charge in [0.1, 0.15) is 16.7 Å². The molecule has 1 saturated carbocycles. The number of nitrogens with one attached hydrogen (secondary N) is 1. The van der Waals surface area contributed by atoms with Crippen LogP contribution in [0.15, 0.2) is 35.8 Å². The monoisotopic (exact) mass is 422 g/mol. The van der Waals surface area contributed by atoms with Crippen LogP contribution in [0, 0.1) is 12.8 Å². The number of anilines is 2. The van der Waals surface area contributed by atoms with Crippen molar-refractivity contribution >= 4 is 39.1 Å². The van der Waals surface area contributed by atoms with Gasteiger partial charge < -0.3 is 15.0 Å². The van der Waals surface area contributed by atoms with Crippen LogP contribution < -0.4 is 10.1 Å². The lowest BCUT2D eigenvalue weighted by molar-refractivity contribution is -0.134. The Labute approximate surface area is 180 Å². The van der Waals surface area contributed by atoms with Crippen LogP contribution in [-0.4, -0.2) is 40.0 Å². The van der Waals surface area contributed by atoms with Crippen molar-refractivity contribution in [2.45, 2.75) is 45.1 Å². The van der Waals surface area contributed by atoms with Gasteiger partial charge >= 0.3 is 0 Å². The molecule has 1 aliphatic carbocycles. The number of amides is 1. The van der Waals surface area contributed by atoms with Crippen LogP contribution >= 0.6 is 11.3 Å². The van der Waals surface area contributed by atoms with E-state index in [4.69, 9.17) is 4.74 Å². The van der Waals surface area contributed by atoms with Gasteiger partial charge in [0, 0.05) is 30.5 Å². The lowest BCUT2D eigenvalue weighted by atomic mass is 10.1. The smallest absolute Gasteiger partial charge is 0.228 e. The summed E-state index contributed by atoms with van der Waals surface area (Å²) >= 11 is 1.62. The number of likely N-dealkylation sites (tertiary alicyclic amines) is 1. The van der Waals surface area contributed by atoms with E-state index in [1.54, 1.807) is 11.3 Å². The minimum atomic E-state index is 0.0154.